The van der Waals surface area contributed by atoms with E-state index in [2.05, 4.69) is 27.8 Å². The van der Waals surface area contributed by atoms with Gasteiger partial charge in [0.05, 0.1) is 10.2 Å². The van der Waals surface area contributed by atoms with Crippen LogP contribution >= 0.6 is 15.9 Å². The number of hydrogen-bond donors (Lipinski definition) is 1. The van der Waals surface area contributed by atoms with E-state index < -0.39 is 0 Å². The number of carbonyl (C=O) groups is 1. The number of carbonyl (C=O) groups excluding carboxylic acids is 1. The molecule has 0 aliphatic carbocycles. The maximum Gasteiger partial charge on any atom is 0.255 e. The van der Waals surface area contributed by atoms with Crippen LogP contribution in [0, 0.1) is 5.92 Å². The van der Waals surface area contributed by atoms with Crippen molar-refractivity contribution in [1.29, 1.82) is 0 Å². The first-order valence-corrected chi connectivity index (χ1v) is 5.09. The van der Waals surface area contributed by atoms with E-state index in [4.69, 9.17) is 0 Å². The lowest BCUT2D eigenvalue weighted by Gasteiger charge is -2.36. The number of aromatic nitrogens is 1. The van der Waals surface area contributed by atoms with Gasteiger partial charge in [0.25, 0.3) is 5.91 Å². The molecule has 1 N–H and O–H groups in total. The van der Waals surface area contributed by atoms with E-state index in [-0.39, 0.29) is 5.91 Å². The molecule has 0 unspecified atom stereocenters. The van der Waals surface area contributed by atoms with Gasteiger partial charge >= 0.3 is 0 Å². The molecule has 1 saturated heterocycles. The van der Waals surface area contributed by atoms with Gasteiger partial charge in [0.1, 0.15) is 0 Å². The fourth-order valence-electron chi connectivity index (χ4n) is 1.54. The average Bonchev–Trinajstić information content (AvgIpc) is 2.45. The Hall–Kier alpha value is -0.770. The quantitative estimate of drug-likeness (QED) is 0.803. The largest absolute Gasteiger partial charge is 0.355 e. The molecule has 0 radical (unpaired) electrons. The van der Waals surface area contributed by atoms with Crippen LogP contribution in [0.1, 0.15) is 17.3 Å². The van der Waals surface area contributed by atoms with Gasteiger partial charge in [-0.25, -0.2) is 0 Å². The Balaban J connectivity index is 2.06. The monoisotopic (exact) mass is 242 g/mol. The predicted octanol–water partition coefficient (Wildman–Crippen LogP) is 1.87. The molecule has 1 fully saturated rings. The standard InChI is InChI=1S/C9H11BrN2O/c1-6-4-12(5-6)9(13)7-2-8(10)11-3-7/h2-3,6,11H,4-5H2,1H3. The summed E-state index contributed by atoms with van der Waals surface area (Å²) >= 11 is 3.28. The minimum Gasteiger partial charge on any atom is -0.355 e. The lowest BCUT2D eigenvalue weighted by molar-refractivity contribution is 0.0530. The van der Waals surface area contributed by atoms with Gasteiger partial charge in [-0.1, -0.05) is 6.92 Å². The van der Waals surface area contributed by atoms with Crippen LogP contribution < -0.4 is 0 Å². The Kier molecular flexibility index (Phi) is 2.15. The molecule has 13 heavy (non-hydrogen) atoms. The molecule has 0 atom stereocenters. The van der Waals surface area contributed by atoms with Crippen LogP contribution in [-0.2, 0) is 0 Å². The van der Waals surface area contributed by atoms with Crippen molar-refractivity contribution in [3.05, 3.63) is 22.4 Å². The highest BCUT2D eigenvalue weighted by molar-refractivity contribution is 9.10. The topological polar surface area (TPSA) is 36.1 Å². The summed E-state index contributed by atoms with van der Waals surface area (Å²) in [5.41, 5.74) is 0.735. The molecule has 0 bridgehead atoms. The van der Waals surface area contributed by atoms with Crippen LogP contribution in [0.25, 0.3) is 0 Å². The van der Waals surface area contributed by atoms with Crippen molar-refractivity contribution >= 4 is 21.8 Å². The van der Waals surface area contributed by atoms with Crippen molar-refractivity contribution in [2.75, 3.05) is 13.1 Å². The second-order valence-electron chi connectivity index (χ2n) is 3.55. The maximum absolute atomic E-state index is 11.7. The number of hydrogen-bond acceptors (Lipinski definition) is 1. The van der Waals surface area contributed by atoms with E-state index in [1.54, 1.807) is 6.20 Å². The minimum atomic E-state index is 0.125. The van der Waals surface area contributed by atoms with Crippen LogP contribution in [0.2, 0.25) is 0 Å². The van der Waals surface area contributed by atoms with Gasteiger partial charge in [0, 0.05) is 19.3 Å². The molecule has 1 amide bonds. The summed E-state index contributed by atoms with van der Waals surface area (Å²) < 4.78 is 0.851. The molecule has 1 aliphatic rings. The van der Waals surface area contributed by atoms with Gasteiger partial charge in [-0.15, -0.1) is 0 Å². The summed E-state index contributed by atoms with van der Waals surface area (Å²) in [4.78, 5) is 16.5. The fraction of sp³-hybridized carbons (Fsp3) is 0.444. The van der Waals surface area contributed by atoms with Gasteiger partial charge < -0.3 is 9.88 Å². The Labute approximate surface area is 85.2 Å². The highest BCUT2D eigenvalue weighted by Crippen LogP contribution is 2.19. The second kappa shape index (κ2) is 3.18. The molecular formula is C9H11BrN2O. The van der Waals surface area contributed by atoms with E-state index in [0.29, 0.717) is 5.92 Å². The Morgan fingerprint density at radius 3 is 2.85 bits per heavy atom. The summed E-state index contributed by atoms with van der Waals surface area (Å²) in [6, 6.07) is 1.81. The van der Waals surface area contributed by atoms with E-state index >= 15 is 0 Å². The number of amides is 1. The third-order valence-electron chi connectivity index (χ3n) is 2.25. The van der Waals surface area contributed by atoms with Crippen LogP contribution in [0.15, 0.2) is 16.9 Å². The van der Waals surface area contributed by atoms with Gasteiger partial charge in [-0.2, -0.15) is 0 Å². The van der Waals surface area contributed by atoms with Gasteiger partial charge in [0.15, 0.2) is 0 Å². The Bertz CT molecular complexity index is 328. The van der Waals surface area contributed by atoms with Crippen molar-refractivity contribution in [1.82, 2.24) is 9.88 Å². The van der Waals surface area contributed by atoms with E-state index in [9.17, 15) is 4.79 Å². The zero-order chi connectivity index (χ0) is 9.42. The first-order chi connectivity index (χ1) is 6.16. The molecule has 0 spiro atoms. The molecule has 0 aromatic carbocycles. The van der Waals surface area contributed by atoms with Crippen molar-refractivity contribution in [3.63, 3.8) is 0 Å². The van der Waals surface area contributed by atoms with Gasteiger partial charge in [0.2, 0.25) is 0 Å². The molecule has 1 aromatic heterocycles. The molecule has 0 saturated carbocycles. The molecular weight excluding hydrogens is 232 g/mol. The zero-order valence-corrected chi connectivity index (χ0v) is 8.97. The summed E-state index contributed by atoms with van der Waals surface area (Å²) in [5, 5.41) is 0. The number of H-pyrrole nitrogens is 1. The number of nitrogens with zero attached hydrogens (tertiary/aromatic N) is 1. The van der Waals surface area contributed by atoms with Crippen LogP contribution in [0.4, 0.5) is 0 Å². The summed E-state index contributed by atoms with van der Waals surface area (Å²) in [7, 11) is 0. The molecule has 2 rings (SSSR count). The summed E-state index contributed by atoms with van der Waals surface area (Å²) in [6.07, 6.45) is 1.73. The number of rotatable bonds is 1. The lowest BCUT2D eigenvalue weighted by Crippen LogP contribution is -2.48. The van der Waals surface area contributed by atoms with E-state index in [0.717, 1.165) is 23.3 Å². The molecule has 4 heteroatoms. The van der Waals surface area contributed by atoms with Crippen LogP contribution in [0.5, 0.6) is 0 Å². The first-order valence-electron chi connectivity index (χ1n) is 4.30. The third-order valence-corrected chi connectivity index (χ3v) is 2.70. The Morgan fingerprint density at radius 2 is 2.38 bits per heavy atom. The second-order valence-corrected chi connectivity index (χ2v) is 4.41. The smallest absolute Gasteiger partial charge is 0.255 e. The minimum absolute atomic E-state index is 0.125. The van der Waals surface area contributed by atoms with Gasteiger partial charge in [-0.3, -0.25) is 4.79 Å². The molecule has 2 heterocycles. The van der Waals surface area contributed by atoms with Crippen molar-refractivity contribution in [2.24, 2.45) is 5.92 Å². The maximum atomic E-state index is 11.7. The normalized spacial score (nSPS) is 17.2. The number of nitrogens with one attached hydrogen (secondary N) is 1. The lowest BCUT2D eigenvalue weighted by atomic mass is 10.0. The average molecular weight is 243 g/mol. The zero-order valence-electron chi connectivity index (χ0n) is 7.38. The highest BCUT2D eigenvalue weighted by Gasteiger charge is 2.28. The SMILES string of the molecule is CC1CN(C(=O)c2c[nH]c(Br)c2)C1. The predicted molar refractivity (Wildman–Crippen MR) is 53.6 cm³/mol. The summed E-state index contributed by atoms with van der Waals surface area (Å²) in [5.74, 6) is 0.784. The van der Waals surface area contributed by atoms with E-state index in [1.165, 1.54) is 0 Å². The fourth-order valence-corrected chi connectivity index (χ4v) is 1.90. The first kappa shape index (κ1) is 8.81. The molecule has 3 nitrogen and oxygen atoms in total. The van der Waals surface area contributed by atoms with Crippen molar-refractivity contribution < 1.29 is 4.79 Å². The van der Waals surface area contributed by atoms with Crippen molar-refractivity contribution in [3.8, 4) is 0 Å². The number of aromatic amines is 1. The highest BCUT2D eigenvalue weighted by atomic mass is 79.9. The molecule has 1 aliphatic heterocycles. The van der Waals surface area contributed by atoms with Crippen LogP contribution in [0.3, 0.4) is 0 Å². The summed E-state index contributed by atoms with van der Waals surface area (Å²) in [6.45, 7) is 3.93. The molecule has 1 aromatic rings. The molecule has 70 valence electrons. The van der Waals surface area contributed by atoms with Crippen LogP contribution in [-0.4, -0.2) is 28.9 Å². The van der Waals surface area contributed by atoms with E-state index in [1.807, 2.05) is 11.0 Å². The van der Waals surface area contributed by atoms with Crippen molar-refractivity contribution in [2.45, 2.75) is 6.92 Å². The Morgan fingerprint density at radius 1 is 1.69 bits per heavy atom. The number of halogens is 1. The third kappa shape index (κ3) is 1.63. The van der Waals surface area contributed by atoms with Gasteiger partial charge in [-0.05, 0) is 27.9 Å². The number of likely N-dealkylation sites (tertiary alicyclic amines) is 1.